The molecule has 1 saturated heterocycles. The van der Waals surface area contributed by atoms with Crippen LogP contribution in [0.25, 0.3) is 0 Å². The van der Waals surface area contributed by atoms with E-state index in [2.05, 4.69) is 26.1 Å². The summed E-state index contributed by atoms with van der Waals surface area (Å²) in [7, 11) is 0. The van der Waals surface area contributed by atoms with Crippen LogP contribution < -0.4 is 32.8 Å². The number of β-lactam (4-membered cyclic amide) rings is 1. The molecular weight excluding hydrogens is 532 g/mol. The maximum Gasteiger partial charge on any atom is 0.386 e. The standard InChI is InChI=1S/C18H20N10O5S3/c19-10-3-27(26-25-11(29)2-22-33-4-9-7-35-17(21)23-9)18(24-15(10)20)36-6-8-5-34-13-1-12(30)28(13)14(8)16(31)32/h2-3,7,13,20H,1,4-6,19H2,(H5,21,22,23,25,26,29,31,32)/p+1. The normalized spacial score (nSPS) is 17.1. The first-order valence-electron chi connectivity index (χ1n) is 10.1. The highest BCUT2D eigenvalue weighted by Gasteiger charge is 2.45. The van der Waals surface area contributed by atoms with Gasteiger partial charge in [-0.2, -0.15) is 5.53 Å². The van der Waals surface area contributed by atoms with E-state index < -0.39 is 11.9 Å². The lowest BCUT2D eigenvalue weighted by Crippen LogP contribution is -2.56. The minimum absolute atomic E-state index is 0.00437. The van der Waals surface area contributed by atoms with E-state index in [1.54, 1.807) is 5.38 Å². The summed E-state index contributed by atoms with van der Waals surface area (Å²) in [5.74, 6) is -1.29. The average molecular weight is 554 g/mol. The number of fused-ring (bicyclic) bond motifs is 1. The second kappa shape index (κ2) is 10.9. The minimum atomic E-state index is -1.16. The first-order chi connectivity index (χ1) is 17.2. The van der Waals surface area contributed by atoms with Gasteiger partial charge in [-0.05, 0) is 22.3 Å². The molecule has 36 heavy (non-hydrogen) atoms. The quantitative estimate of drug-likeness (QED) is 0.0523. The summed E-state index contributed by atoms with van der Waals surface area (Å²) in [4.78, 5) is 50.4. The van der Waals surface area contributed by atoms with E-state index >= 15 is 0 Å². The number of nitrogens with two attached hydrogens (primary N) is 3. The van der Waals surface area contributed by atoms with E-state index in [0.717, 1.165) is 18.0 Å². The summed E-state index contributed by atoms with van der Waals surface area (Å²) in [6, 6.07) is 0. The van der Waals surface area contributed by atoms with Crippen molar-refractivity contribution in [2.24, 2.45) is 5.16 Å². The van der Waals surface area contributed by atoms with Crippen LogP contribution in [0.2, 0.25) is 0 Å². The number of hydrogen-bond donors (Lipinski definition) is 6. The number of rotatable bonds is 10. The first-order valence-corrected chi connectivity index (χ1v) is 13.0. The van der Waals surface area contributed by atoms with Crippen LogP contribution in [-0.4, -0.2) is 60.9 Å². The molecule has 2 aromatic heterocycles. The van der Waals surface area contributed by atoms with Crippen LogP contribution in [0.15, 0.2) is 33.2 Å². The second-order valence-corrected chi connectivity index (χ2v) is 10.3. The summed E-state index contributed by atoms with van der Waals surface area (Å²) in [5, 5.41) is 15.5. The maximum atomic E-state index is 12.1. The number of aliphatic carboxylic acids is 1. The zero-order valence-electron chi connectivity index (χ0n) is 18.4. The zero-order chi connectivity index (χ0) is 25.8. The van der Waals surface area contributed by atoms with Gasteiger partial charge in [0, 0.05) is 16.9 Å². The number of aromatic nitrogens is 3. The molecule has 0 bridgehead atoms. The maximum absolute atomic E-state index is 12.1. The number of hydrogen-bond acceptors (Lipinski definition) is 14. The number of carboxylic acid groups (broad SMARTS) is 1. The number of nitrogen functional groups attached to an aromatic ring is 3. The van der Waals surface area contributed by atoms with Gasteiger partial charge in [-0.3, -0.25) is 14.5 Å². The highest BCUT2D eigenvalue weighted by atomic mass is 32.2. The second-order valence-electron chi connectivity index (χ2n) is 7.30. The number of carboxylic acids is 1. The molecule has 0 spiro atoms. The van der Waals surface area contributed by atoms with Gasteiger partial charge >= 0.3 is 11.1 Å². The molecule has 4 rings (SSSR count). The van der Waals surface area contributed by atoms with Crippen molar-refractivity contribution in [3.8, 4) is 0 Å². The fraction of sp³-hybridized carbons (Fsp3) is 0.278. The van der Waals surface area contributed by atoms with E-state index in [-0.39, 0.29) is 46.0 Å². The molecule has 4 heterocycles. The molecule has 2 amide bonds. The van der Waals surface area contributed by atoms with E-state index in [0.29, 0.717) is 28.6 Å². The lowest BCUT2D eigenvalue weighted by Gasteiger charge is -2.43. The number of nitrogens with one attached hydrogen (secondary N) is 2. The molecule has 2 aliphatic rings. The molecule has 15 nitrogen and oxygen atoms in total. The van der Waals surface area contributed by atoms with Crippen molar-refractivity contribution in [2.75, 3.05) is 34.2 Å². The summed E-state index contributed by atoms with van der Waals surface area (Å²) >= 11 is 3.92. The molecule has 1 unspecified atom stereocenters. The van der Waals surface area contributed by atoms with Crippen molar-refractivity contribution in [1.82, 2.24) is 20.3 Å². The third kappa shape index (κ3) is 5.71. The number of thiazole rings is 1. The predicted molar refractivity (Wildman–Crippen MR) is 134 cm³/mol. The number of nitrogens with zero attached hydrogens (tertiary/aromatic N) is 5. The average Bonchev–Trinajstić information content (AvgIpc) is 3.25. The number of thioether (sulfide) groups is 2. The van der Waals surface area contributed by atoms with Crippen LogP contribution in [0.3, 0.4) is 0 Å². The molecule has 0 saturated carbocycles. The Morgan fingerprint density at radius 3 is 2.89 bits per heavy atom. The van der Waals surface area contributed by atoms with Crippen molar-refractivity contribution < 1.29 is 29.0 Å². The predicted octanol–water partition coefficient (Wildman–Crippen LogP) is -0.914. The zero-order valence-corrected chi connectivity index (χ0v) is 20.9. The molecule has 0 aromatic carbocycles. The number of amides is 2. The highest BCUT2D eigenvalue weighted by Crippen LogP contribution is 2.41. The van der Waals surface area contributed by atoms with Crippen LogP contribution in [0.5, 0.6) is 0 Å². The third-order valence-corrected chi connectivity index (χ3v) is 7.86. The Morgan fingerprint density at radius 2 is 2.19 bits per heavy atom. The van der Waals surface area contributed by atoms with Gasteiger partial charge in [0.15, 0.2) is 11.7 Å². The SMILES string of the molecule is Nc1nc(CO/N=C\C(=O)NN[n+]2cc(N)c(N)nc2SCC2=C(C(=O)O)N3C(=O)CC3SC2)cs1. The van der Waals surface area contributed by atoms with Crippen LogP contribution in [0.4, 0.5) is 16.6 Å². The van der Waals surface area contributed by atoms with Gasteiger partial charge in [0.2, 0.25) is 5.91 Å². The molecular formula is C18H21N10O5S3+. The minimum Gasteiger partial charge on any atom is -0.477 e. The van der Waals surface area contributed by atoms with Gasteiger partial charge in [-0.15, -0.1) is 27.8 Å². The van der Waals surface area contributed by atoms with Crippen molar-refractivity contribution in [3.05, 3.63) is 28.5 Å². The molecule has 2 aromatic rings. The lowest BCUT2D eigenvalue weighted by molar-refractivity contribution is -0.695. The smallest absolute Gasteiger partial charge is 0.386 e. The molecule has 9 N–H and O–H groups in total. The number of hydrazine groups is 1. The van der Waals surface area contributed by atoms with E-state index in [9.17, 15) is 19.5 Å². The Hall–Kier alpha value is -3.77. The monoisotopic (exact) mass is 553 g/mol. The van der Waals surface area contributed by atoms with Gasteiger partial charge in [0.1, 0.15) is 23.8 Å². The third-order valence-electron chi connectivity index (χ3n) is 4.82. The summed E-state index contributed by atoms with van der Waals surface area (Å²) in [6.07, 6.45) is 2.64. The first kappa shape index (κ1) is 25.3. The van der Waals surface area contributed by atoms with Crippen LogP contribution in [0, 0.1) is 0 Å². The topological polar surface area (TPSA) is 228 Å². The molecule has 18 heteroatoms. The van der Waals surface area contributed by atoms with Gasteiger partial charge in [0.25, 0.3) is 11.7 Å². The van der Waals surface area contributed by atoms with E-state index in [1.165, 1.54) is 38.9 Å². The van der Waals surface area contributed by atoms with Crippen molar-refractivity contribution in [2.45, 2.75) is 23.6 Å². The van der Waals surface area contributed by atoms with Crippen LogP contribution in [-0.2, 0) is 25.8 Å². The summed E-state index contributed by atoms with van der Waals surface area (Å²) in [6.45, 7) is 0.0507. The fourth-order valence-electron chi connectivity index (χ4n) is 3.13. The number of oxime groups is 1. The van der Waals surface area contributed by atoms with Gasteiger partial charge in [-0.1, -0.05) is 5.16 Å². The molecule has 0 radical (unpaired) electrons. The molecule has 1 fully saturated rings. The van der Waals surface area contributed by atoms with E-state index in [4.69, 9.17) is 22.0 Å². The van der Waals surface area contributed by atoms with Gasteiger partial charge in [-0.25, -0.2) is 15.2 Å². The van der Waals surface area contributed by atoms with Crippen molar-refractivity contribution >= 4 is 75.5 Å². The number of carbonyl (C=O) groups excluding carboxylic acids is 2. The molecule has 0 aliphatic carbocycles. The lowest BCUT2D eigenvalue weighted by atomic mass is 10.1. The largest absolute Gasteiger partial charge is 0.477 e. The summed E-state index contributed by atoms with van der Waals surface area (Å²) < 4.78 is 1.32. The van der Waals surface area contributed by atoms with Gasteiger partial charge < -0.3 is 27.1 Å². The van der Waals surface area contributed by atoms with Crippen molar-refractivity contribution in [1.29, 1.82) is 0 Å². The molecule has 1 atom stereocenters. The Kier molecular flexibility index (Phi) is 7.65. The van der Waals surface area contributed by atoms with Crippen LogP contribution in [0.1, 0.15) is 12.1 Å². The van der Waals surface area contributed by atoms with E-state index in [1.807, 2.05) is 0 Å². The number of anilines is 3. The summed E-state index contributed by atoms with van der Waals surface area (Å²) in [5.41, 5.74) is 23.5. The highest BCUT2D eigenvalue weighted by molar-refractivity contribution is 8.00. The molecule has 2 aliphatic heterocycles. The van der Waals surface area contributed by atoms with Crippen molar-refractivity contribution in [3.63, 3.8) is 0 Å². The Bertz CT molecular complexity index is 1270. The Labute approximate surface area is 216 Å². The molecule has 190 valence electrons. The number of carbonyl (C=O) groups is 3. The Balaban J connectivity index is 1.38. The Morgan fingerprint density at radius 1 is 1.39 bits per heavy atom. The van der Waals surface area contributed by atoms with Gasteiger partial charge in [0.05, 0.1) is 17.5 Å². The van der Waals surface area contributed by atoms with Crippen LogP contribution >= 0.6 is 34.9 Å². The fourth-order valence-corrected chi connectivity index (χ4v) is 6.01.